The zero-order valence-electron chi connectivity index (χ0n) is 12.6. The van der Waals surface area contributed by atoms with E-state index in [2.05, 4.69) is 91.0 Å². The lowest BCUT2D eigenvalue weighted by atomic mass is 9.98. The summed E-state index contributed by atoms with van der Waals surface area (Å²) in [6.07, 6.45) is 0. The lowest BCUT2D eigenvalue weighted by molar-refractivity contribution is 1.64. The Labute approximate surface area is 139 Å². The molecule has 0 fully saturated rings. The van der Waals surface area contributed by atoms with Crippen molar-refractivity contribution in [1.29, 1.82) is 0 Å². The monoisotopic (exact) mass is 329 g/mol. The van der Waals surface area contributed by atoms with E-state index in [0.29, 0.717) is 0 Å². The third kappa shape index (κ3) is 2.89. The minimum Gasteiger partial charge on any atom is -0.487 e. The van der Waals surface area contributed by atoms with Gasteiger partial charge in [0, 0.05) is 0 Å². The van der Waals surface area contributed by atoms with E-state index in [9.17, 15) is 0 Å². The smallest absolute Gasteiger partial charge is 0.0159 e. The van der Waals surface area contributed by atoms with Gasteiger partial charge >= 0.3 is 0 Å². The van der Waals surface area contributed by atoms with Gasteiger partial charge in [0.05, 0.1) is 0 Å². The van der Waals surface area contributed by atoms with Gasteiger partial charge in [-0.15, -0.1) is 0 Å². The minimum absolute atomic E-state index is 1.31. The average Bonchev–Trinajstić information content (AvgIpc) is 3.09. The van der Waals surface area contributed by atoms with E-state index < -0.39 is 0 Å². The Hall–Kier alpha value is -2.13. The summed E-state index contributed by atoms with van der Waals surface area (Å²) in [5.41, 5.74) is 5.35. The molecule has 0 bridgehead atoms. The molecule has 4 aromatic rings. The molecule has 0 saturated carbocycles. The van der Waals surface area contributed by atoms with Crippen molar-refractivity contribution in [2.24, 2.45) is 0 Å². The molecule has 0 amide bonds. The molecule has 0 aliphatic heterocycles. The van der Waals surface area contributed by atoms with E-state index in [0.717, 1.165) is 0 Å². The van der Waals surface area contributed by atoms with Crippen LogP contribution in [-0.2, 0) is 0 Å². The van der Waals surface area contributed by atoms with Gasteiger partial charge in [-0.2, -0.15) is 5.30 Å². The molecule has 0 aliphatic carbocycles. The van der Waals surface area contributed by atoms with E-state index in [-0.39, 0.29) is 0 Å². The molecular formula is C21H15P2-. The van der Waals surface area contributed by atoms with Crippen LogP contribution in [-0.4, -0.2) is 0 Å². The topological polar surface area (TPSA) is 0 Å². The second kappa shape index (κ2) is 6.55. The van der Waals surface area contributed by atoms with Gasteiger partial charge in [0.2, 0.25) is 0 Å². The molecule has 1 heterocycles. The summed E-state index contributed by atoms with van der Waals surface area (Å²) in [6.45, 7) is 0. The fraction of sp³-hybridized carbons (Fsp3) is 0. The fourth-order valence-electron chi connectivity index (χ4n) is 2.79. The van der Waals surface area contributed by atoms with Gasteiger partial charge in [-0.3, -0.25) is 7.87 Å². The SMILES string of the molecule is c1ccc(-c2p[p-]c(-c3ccccc3)c2-c2ccccc2)cc1. The molecular weight excluding hydrogens is 314 g/mol. The molecule has 0 atom stereocenters. The van der Waals surface area contributed by atoms with Crippen LogP contribution in [0.2, 0.25) is 0 Å². The van der Waals surface area contributed by atoms with Crippen molar-refractivity contribution in [2.75, 3.05) is 0 Å². The van der Waals surface area contributed by atoms with Crippen LogP contribution in [0.5, 0.6) is 0 Å². The van der Waals surface area contributed by atoms with Crippen LogP contribution in [0.4, 0.5) is 0 Å². The van der Waals surface area contributed by atoms with Gasteiger partial charge in [0.1, 0.15) is 0 Å². The van der Waals surface area contributed by atoms with Crippen LogP contribution in [0.1, 0.15) is 0 Å². The van der Waals surface area contributed by atoms with Crippen LogP contribution in [0.25, 0.3) is 32.8 Å². The van der Waals surface area contributed by atoms with Crippen molar-refractivity contribution in [3.8, 4) is 32.8 Å². The van der Waals surface area contributed by atoms with Crippen molar-refractivity contribution in [3.05, 3.63) is 91.0 Å². The van der Waals surface area contributed by atoms with Crippen molar-refractivity contribution < 1.29 is 0 Å². The van der Waals surface area contributed by atoms with E-state index >= 15 is 0 Å². The van der Waals surface area contributed by atoms with Crippen molar-refractivity contribution >= 4 is 15.7 Å². The Bertz CT molecular complexity index is 838. The highest BCUT2D eigenvalue weighted by Crippen LogP contribution is 2.53. The molecule has 0 N–H and O–H groups in total. The highest BCUT2D eigenvalue weighted by molar-refractivity contribution is 7.93. The van der Waals surface area contributed by atoms with Crippen molar-refractivity contribution in [2.45, 2.75) is 0 Å². The molecule has 0 saturated heterocycles. The zero-order valence-corrected chi connectivity index (χ0v) is 14.3. The first-order valence-corrected chi connectivity index (χ1v) is 10.1. The lowest BCUT2D eigenvalue weighted by Gasteiger charge is -2.14. The van der Waals surface area contributed by atoms with Gasteiger partial charge in [-0.1, -0.05) is 91.0 Å². The second-order valence-corrected chi connectivity index (χ2v) is 7.86. The second-order valence-electron chi connectivity index (χ2n) is 5.37. The van der Waals surface area contributed by atoms with Crippen LogP contribution >= 0.6 is 15.7 Å². The minimum atomic E-state index is 1.31. The summed E-state index contributed by atoms with van der Waals surface area (Å²) in [4.78, 5) is 0. The molecule has 0 unspecified atom stereocenters. The molecule has 0 spiro atoms. The normalized spacial score (nSPS) is 11.3. The summed E-state index contributed by atoms with van der Waals surface area (Å²) >= 11 is 0. The molecule has 110 valence electrons. The first-order chi connectivity index (χ1) is 11.4. The summed E-state index contributed by atoms with van der Waals surface area (Å²) in [5, 5.41) is 2.86. The maximum absolute atomic E-state index is 2.22. The van der Waals surface area contributed by atoms with Crippen molar-refractivity contribution in [1.82, 2.24) is 0 Å². The quantitative estimate of drug-likeness (QED) is 0.363. The summed E-state index contributed by atoms with van der Waals surface area (Å²) in [7, 11) is 2.72. The Morgan fingerprint density at radius 2 is 1.00 bits per heavy atom. The van der Waals surface area contributed by atoms with E-state index in [4.69, 9.17) is 0 Å². The first-order valence-electron chi connectivity index (χ1n) is 7.63. The third-order valence-electron chi connectivity index (χ3n) is 3.88. The Morgan fingerprint density at radius 1 is 0.522 bits per heavy atom. The van der Waals surface area contributed by atoms with Gasteiger partial charge < -0.3 is 7.87 Å². The third-order valence-corrected chi connectivity index (χ3v) is 6.84. The Morgan fingerprint density at radius 3 is 1.57 bits per heavy atom. The number of rotatable bonds is 3. The van der Waals surface area contributed by atoms with Gasteiger partial charge in [0.15, 0.2) is 0 Å². The maximum Gasteiger partial charge on any atom is -0.0159 e. The molecule has 0 radical (unpaired) electrons. The first kappa shape index (κ1) is 14.5. The van der Waals surface area contributed by atoms with Crippen LogP contribution in [0.3, 0.4) is 0 Å². The Balaban J connectivity index is 1.97. The maximum atomic E-state index is 2.22. The zero-order chi connectivity index (χ0) is 15.5. The largest absolute Gasteiger partial charge is 0.487 e. The van der Waals surface area contributed by atoms with Gasteiger partial charge in [-0.25, -0.2) is 0 Å². The van der Waals surface area contributed by atoms with Gasteiger partial charge in [-0.05, 0) is 27.5 Å². The average molecular weight is 329 g/mol. The van der Waals surface area contributed by atoms with E-state index in [1.807, 2.05) is 0 Å². The highest BCUT2D eigenvalue weighted by atomic mass is 31.8. The molecule has 4 rings (SSSR count). The van der Waals surface area contributed by atoms with E-state index in [1.54, 1.807) is 0 Å². The highest BCUT2D eigenvalue weighted by Gasteiger charge is 2.09. The van der Waals surface area contributed by atoms with Crippen LogP contribution < -0.4 is 0 Å². The molecule has 23 heavy (non-hydrogen) atoms. The predicted octanol–water partition coefficient (Wildman–Crippen LogP) is 7.57. The predicted molar refractivity (Wildman–Crippen MR) is 103 cm³/mol. The molecule has 1 aromatic heterocycles. The Kier molecular flexibility index (Phi) is 4.12. The standard InChI is InChI=1S/C21H15P2/c1-4-10-16(11-5-1)19-20(17-12-6-2-7-13-17)22-23-21(19)18-14-8-3-9-15-18/h1-15H/q-1. The van der Waals surface area contributed by atoms with Crippen LogP contribution in [0.15, 0.2) is 91.0 Å². The summed E-state index contributed by atoms with van der Waals surface area (Å²) in [5.74, 6) is 0. The number of hydrogen-bond donors (Lipinski definition) is 0. The lowest BCUT2D eigenvalue weighted by Crippen LogP contribution is -1.82. The molecule has 0 nitrogen and oxygen atoms in total. The fourth-order valence-corrected chi connectivity index (χ4v) is 6.18. The van der Waals surface area contributed by atoms with Crippen molar-refractivity contribution in [3.63, 3.8) is 0 Å². The molecule has 0 aliphatic rings. The molecule has 2 heteroatoms. The summed E-state index contributed by atoms with van der Waals surface area (Å²) in [6, 6.07) is 32.3. The number of benzene rings is 3. The van der Waals surface area contributed by atoms with Crippen LogP contribution in [0, 0.1) is 0 Å². The molecule has 3 aromatic carbocycles. The summed E-state index contributed by atoms with van der Waals surface area (Å²) < 4.78 is 0. The number of hydrogen-bond acceptors (Lipinski definition) is 0. The van der Waals surface area contributed by atoms with E-state index in [1.165, 1.54) is 48.6 Å². The van der Waals surface area contributed by atoms with Gasteiger partial charge in [0.25, 0.3) is 0 Å².